The second-order valence-electron chi connectivity index (χ2n) is 10.5. The Balaban J connectivity index is 1.64. The van der Waals surface area contributed by atoms with Crippen molar-refractivity contribution in [3.8, 4) is 0 Å². The van der Waals surface area contributed by atoms with E-state index in [0.717, 1.165) is 5.56 Å². The molecule has 0 aliphatic carbocycles. The number of nitrogens with zero attached hydrogens (tertiary/aromatic N) is 2. The summed E-state index contributed by atoms with van der Waals surface area (Å²) in [7, 11) is 0. The largest absolute Gasteiger partial charge is 0.460 e. The fourth-order valence-corrected chi connectivity index (χ4v) is 7.25. The van der Waals surface area contributed by atoms with Gasteiger partial charge in [-0.05, 0) is 38.0 Å². The minimum absolute atomic E-state index is 0.111. The van der Waals surface area contributed by atoms with Crippen molar-refractivity contribution in [1.82, 2.24) is 10.2 Å². The summed E-state index contributed by atoms with van der Waals surface area (Å²) < 4.78 is 12.6. The first-order chi connectivity index (χ1) is 19.1. The van der Waals surface area contributed by atoms with Gasteiger partial charge in [-0.15, -0.1) is 0 Å². The highest BCUT2D eigenvalue weighted by Gasteiger charge is 2.75. The van der Waals surface area contributed by atoms with Crippen molar-refractivity contribution < 1.29 is 33.8 Å². The number of aliphatic hydroxyl groups excluding tert-OH is 1. The van der Waals surface area contributed by atoms with Gasteiger partial charge in [0.05, 0.1) is 29.8 Å². The number of halogens is 2. The molecule has 5 bridgehead atoms. The van der Waals surface area contributed by atoms with Gasteiger partial charge in [0.25, 0.3) is 5.91 Å². The van der Waals surface area contributed by atoms with E-state index in [9.17, 15) is 24.3 Å². The Labute approximate surface area is 245 Å². The number of amides is 3. The van der Waals surface area contributed by atoms with Crippen molar-refractivity contribution in [3.05, 3.63) is 51.5 Å². The van der Waals surface area contributed by atoms with E-state index >= 15 is 0 Å². The second kappa shape index (κ2) is 11.3. The van der Waals surface area contributed by atoms with Gasteiger partial charge in [-0.3, -0.25) is 19.2 Å². The Bertz CT molecular complexity index is 1280. The van der Waals surface area contributed by atoms with Crippen LogP contribution in [0.3, 0.4) is 0 Å². The molecule has 0 aromatic heterocycles. The molecule has 4 heterocycles. The first-order valence-electron chi connectivity index (χ1n) is 13.3. The lowest BCUT2D eigenvalue weighted by molar-refractivity contribution is -0.158. The predicted molar refractivity (Wildman–Crippen MR) is 150 cm³/mol. The minimum Gasteiger partial charge on any atom is -0.460 e. The predicted octanol–water partition coefficient (Wildman–Crippen LogP) is 2.24. The maximum absolute atomic E-state index is 14.6. The van der Waals surface area contributed by atoms with Crippen molar-refractivity contribution in [2.75, 3.05) is 31.1 Å². The quantitative estimate of drug-likeness (QED) is 0.385. The van der Waals surface area contributed by atoms with Gasteiger partial charge in [-0.25, -0.2) is 0 Å². The third-order valence-electron chi connectivity index (χ3n) is 7.89. The van der Waals surface area contributed by atoms with Crippen molar-refractivity contribution in [2.24, 2.45) is 11.8 Å². The molecule has 4 aliphatic heterocycles. The number of benzene rings is 1. The van der Waals surface area contributed by atoms with Crippen molar-refractivity contribution in [3.63, 3.8) is 0 Å². The van der Waals surface area contributed by atoms with E-state index in [4.69, 9.17) is 21.1 Å². The molecule has 3 amide bonds. The van der Waals surface area contributed by atoms with Gasteiger partial charge in [-0.1, -0.05) is 51.8 Å². The summed E-state index contributed by atoms with van der Waals surface area (Å²) in [5.74, 6) is -3.84. The van der Waals surface area contributed by atoms with Gasteiger partial charge in [0, 0.05) is 24.0 Å². The molecular formula is C28H31BrClN3O7. The van der Waals surface area contributed by atoms with E-state index in [1.807, 2.05) is 19.1 Å². The molecule has 0 radical (unpaired) electrons. The SMILES string of the molecule is Cc1cccc(Cl)c1N1C/C=C\CCC(=O)NC[C@H](C)OC(=O)[C@H]2[C@@H]3O[C@@]4(C=C3Br)[C@@H]2C(=O)N(CCO)[C@@H]4C1=O. The zero-order valence-electron chi connectivity index (χ0n) is 22.1. The van der Waals surface area contributed by atoms with Gasteiger partial charge in [0.1, 0.15) is 29.8 Å². The number of hydrogen-bond acceptors (Lipinski definition) is 7. The molecule has 1 spiro atoms. The van der Waals surface area contributed by atoms with Crippen LogP contribution in [0.2, 0.25) is 5.02 Å². The standard InChI is InChI=1S/C28H31BrClN3O7/c1-15-7-6-8-18(30)22(15)32-10-5-3-4-9-19(35)31-14-16(2)39-27(38)20-21-25(36)33(11-12-34)24(26(32)37)28(21)13-17(29)23(20)40-28/h3,5-8,13,16,20-21,23-24,34H,4,9-12,14H2,1-2H3,(H,31,35)/b5-3-/t16-,20+,21-,23+,24+,28-/m0/s1. The van der Waals surface area contributed by atoms with Crippen molar-refractivity contribution >= 4 is 56.9 Å². The number of likely N-dealkylation sites (tertiary alicyclic amines) is 1. The summed E-state index contributed by atoms with van der Waals surface area (Å²) in [6, 6.07) is 4.12. The van der Waals surface area contributed by atoms with Gasteiger partial charge < -0.3 is 29.7 Å². The van der Waals surface area contributed by atoms with Crippen LogP contribution >= 0.6 is 27.5 Å². The zero-order chi connectivity index (χ0) is 28.8. The lowest BCUT2D eigenvalue weighted by atomic mass is 9.74. The topological polar surface area (TPSA) is 125 Å². The molecule has 0 unspecified atom stereocenters. The number of anilines is 1. The van der Waals surface area contributed by atoms with Crippen molar-refractivity contribution in [2.45, 2.75) is 50.5 Å². The van der Waals surface area contributed by atoms with E-state index in [0.29, 0.717) is 21.6 Å². The molecule has 4 aliphatic rings. The summed E-state index contributed by atoms with van der Waals surface area (Å²) in [5, 5.41) is 13.0. The summed E-state index contributed by atoms with van der Waals surface area (Å²) >= 11 is 10.1. The molecule has 5 rings (SSSR count). The summed E-state index contributed by atoms with van der Waals surface area (Å²) in [4.78, 5) is 57.2. The number of fused-ring (bicyclic) bond motifs is 2. The molecule has 0 saturated carbocycles. The number of aliphatic hydroxyl groups is 1. The maximum atomic E-state index is 14.6. The Kier molecular flexibility index (Phi) is 8.11. The number of esters is 1. The molecule has 214 valence electrons. The van der Waals surface area contributed by atoms with Crippen LogP contribution in [-0.4, -0.2) is 83.8 Å². The number of rotatable bonds is 3. The maximum Gasteiger partial charge on any atom is 0.313 e. The van der Waals surface area contributed by atoms with Crippen LogP contribution in [0.15, 0.2) is 40.9 Å². The molecule has 10 nitrogen and oxygen atoms in total. The number of allylic oxidation sites excluding steroid dienone is 1. The van der Waals surface area contributed by atoms with E-state index in [2.05, 4.69) is 21.2 Å². The number of nitrogens with one attached hydrogen (secondary N) is 1. The number of para-hydroxylation sites is 1. The number of β-amino-alcohol motifs (C(OH)–C–C–N with tert-alkyl or cyclic N) is 1. The van der Waals surface area contributed by atoms with Gasteiger partial charge >= 0.3 is 5.97 Å². The fourth-order valence-electron chi connectivity index (χ4n) is 6.19. The van der Waals surface area contributed by atoms with E-state index in [1.165, 1.54) is 9.80 Å². The van der Waals surface area contributed by atoms with Crippen LogP contribution in [0.5, 0.6) is 0 Å². The van der Waals surface area contributed by atoms with Crippen LogP contribution in [0.1, 0.15) is 25.3 Å². The van der Waals surface area contributed by atoms with E-state index < -0.39 is 53.5 Å². The molecule has 1 aromatic rings. The van der Waals surface area contributed by atoms with Crippen LogP contribution < -0.4 is 10.2 Å². The van der Waals surface area contributed by atoms with Gasteiger partial charge in [0.2, 0.25) is 11.8 Å². The molecule has 6 atom stereocenters. The number of hydrogen-bond donors (Lipinski definition) is 2. The molecule has 2 fully saturated rings. The van der Waals surface area contributed by atoms with E-state index in [1.54, 1.807) is 31.2 Å². The Morgan fingerprint density at radius 1 is 1.20 bits per heavy atom. The van der Waals surface area contributed by atoms with Gasteiger partial charge in [0.15, 0.2) is 0 Å². The Morgan fingerprint density at radius 2 is 1.98 bits per heavy atom. The highest BCUT2D eigenvalue weighted by Crippen LogP contribution is 2.59. The number of cyclic esters (lactones) is 1. The third kappa shape index (κ3) is 4.76. The lowest BCUT2D eigenvalue weighted by Gasteiger charge is -2.36. The average molecular weight is 637 g/mol. The van der Waals surface area contributed by atoms with E-state index in [-0.39, 0.29) is 38.6 Å². The number of aryl methyl sites for hydroxylation is 1. The first kappa shape index (κ1) is 28.8. The summed E-state index contributed by atoms with van der Waals surface area (Å²) in [6.07, 6.45) is 4.48. The number of ether oxygens (including phenoxy) is 2. The third-order valence-corrected chi connectivity index (χ3v) is 8.88. The first-order valence-corrected chi connectivity index (χ1v) is 14.4. The smallest absolute Gasteiger partial charge is 0.313 e. The second-order valence-corrected chi connectivity index (χ2v) is 11.8. The normalized spacial score (nSPS) is 33.5. The van der Waals surface area contributed by atoms with Crippen LogP contribution in [0.4, 0.5) is 5.69 Å². The monoisotopic (exact) mass is 635 g/mol. The number of carbonyl (C=O) groups excluding carboxylic acids is 4. The molecule has 12 heteroatoms. The fraction of sp³-hybridized carbons (Fsp3) is 0.500. The summed E-state index contributed by atoms with van der Waals surface area (Å²) in [6.45, 7) is 3.21. The molecule has 40 heavy (non-hydrogen) atoms. The minimum atomic E-state index is -1.46. The zero-order valence-corrected chi connectivity index (χ0v) is 24.5. The van der Waals surface area contributed by atoms with Crippen molar-refractivity contribution in [1.29, 1.82) is 0 Å². The molecule has 2 N–H and O–H groups in total. The summed E-state index contributed by atoms with van der Waals surface area (Å²) in [5.41, 5.74) is -0.236. The molecule has 1 aromatic carbocycles. The molecule has 2 saturated heterocycles. The van der Waals surface area contributed by atoms with Crippen LogP contribution in [0.25, 0.3) is 0 Å². The highest BCUT2D eigenvalue weighted by molar-refractivity contribution is 9.11. The molecular weight excluding hydrogens is 606 g/mol. The Morgan fingerprint density at radius 3 is 2.70 bits per heavy atom. The van der Waals surface area contributed by atoms with Gasteiger partial charge in [-0.2, -0.15) is 0 Å². The average Bonchev–Trinajstić information content (AvgIpc) is 3.49. The number of carbonyl (C=O) groups is 4. The van der Waals surface area contributed by atoms with Crippen LogP contribution in [0, 0.1) is 18.8 Å². The lowest BCUT2D eigenvalue weighted by Crippen LogP contribution is -2.56. The highest BCUT2D eigenvalue weighted by atomic mass is 79.9. The van der Waals surface area contributed by atoms with Crippen LogP contribution in [-0.2, 0) is 28.7 Å². The Hall–Kier alpha value is -2.73.